The molecule has 1 fully saturated rings. The van der Waals surface area contributed by atoms with E-state index in [9.17, 15) is 0 Å². The van der Waals surface area contributed by atoms with E-state index in [1.54, 1.807) is 0 Å². The summed E-state index contributed by atoms with van der Waals surface area (Å²) in [7, 11) is 0. The monoisotopic (exact) mass is 261 g/mol. The van der Waals surface area contributed by atoms with Crippen molar-refractivity contribution in [3.8, 4) is 5.75 Å². The Hall–Kier alpha value is -1.02. The summed E-state index contributed by atoms with van der Waals surface area (Å²) >= 11 is 0. The predicted molar refractivity (Wildman–Crippen MR) is 80.8 cm³/mol. The van der Waals surface area contributed by atoms with E-state index < -0.39 is 0 Å². The highest BCUT2D eigenvalue weighted by Crippen LogP contribution is 2.53. The first-order chi connectivity index (χ1) is 9.06. The minimum atomic E-state index is 0.370. The van der Waals surface area contributed by atoms with Crippen LogP contribution < -0.4 is 10.1 Å². The maximum absolute atomic E-state index is 5.50. The molecule has 0 spiro atoms. The third-order valence-electron chi connectivity index (χ3n) is 4.18. The van der Waals surface area contributed by atoms with Gasteiger partial charge in [-0.1, -0.05) is 32.9 Å². The number of hydrogen-bond acceptors (Lipinski definition) is 2. The van der Waals surface area contributed by atoms with Gasteiger partial charge >= 0.3 is 0 Å². The SMILES string of the molecule is CCOc1ccc(C2(C)CC2CNCC(C)C)cc1. The predicted octanol–water partition coefficient (Wildman–Crippen LogP) is 3.61. The lowest BCUT2D eigenvalue weighted by Crippen LogP contribution is -2.24. The highest BCUT2D eigenvalue weighted by Gasteiger charge is 2.50. The molecule has 2 atom stereocenters. The van der Waals surface area contributed by atoms with Crippen LogP contribution >= 0.6 is 0 Å². The maximum atomic E-state index is 5.50. The van der Waals surface area contributed by atoms with Gasteiger partial charge in [0, 0.05) is 0 Å². The van der Waals surface area contributed by atoms with Gasteiger partial charge in [-0.05, 0) is 61.4 Å². The Morgan fingerprint density at radius 1 is 1.32 bits per heavy atom. The second-order valence-corrected chi connectivity index (χ2v) is 6.33. The molecule has 1 N–H and O–H groups in total. The standard InChI is InChI=1S/C17H27NO/c1-5-19-16-8-6-14(7-9-16)17(4)10-15(17)12-18-11-13(2)3/h6-9,13,15,18H,5,10-12H2,1-4H3. The van der Waals surface area contributed by atoms with Gasteiger partial charge in [0.1, 0.15) is 5.75 Å². The van der Waals surface area contributed by atoms with Gasteiger partial charge in [-0.25, -0.2) is 0 Å². The van der Waals surface area contributed by atoms with E-state index in [0.29, 0.717) is 5.41 Å². The fraction of sp³-hybridized carbons (Fsp3) is 0.647. The first-order valence-corrected chi connectivity index (χ1v) is 7.50. The molecule has 0 heterocycles. The van der Waals surface area contributed by atoms with Crippen LogP contribution in [0.2, 0.25) is 0 Å². The first kappa shape index (κ1) is 14.4. The molecule has 0 radical (unpaired) electrons. The smallest absolute Gasteiger partial charge is 0.119 e. The zero-order chi connectivity index (χ0) is 13.9. The zero-order valence-electron chi connectivity index (χ0n) is 12.7. The minimum Gasteiger partial charge on any atom is -0.494 e. The normalized spacial score (nSPS) is 25.6. The van der Waals surface area contributed by atoms with Crippen LogP contribution in [0.15, 0.2) is 24.3 Å². The van der Waals surface area contributed by atoms with Gasteiger partial charge in [-0.15, -0.1) is 0 Å². The van der Waals surface area contributed by atoms with E-state index in [1.165, 1.54) is 12.0 Å². The van der Waals surface area contributed by atoms with E-state index in [4.69, 9.17) is 4.74 Å². The molecule has 1 aliphatic carbocycles. The number of benzene rings is 1. The lowest BCUT2D eigenvalue weighted by atomic mass is 9.95. The average Bonchev–Trinajstić information content (AvgIpc) is 3.02. The molecular formula is C17H27NO. The van der Waals surface area contributed by atoms with Crippen molar-refractivity contribution >= 4 is 0 Å². The summed E-state index contributed by atoms with van der Waals surface area (Å²) in [6, 6.07) is 8.66. The number of hydrogen-bond donors (Lipinski definition) is 1. The molecular weight excluding hydrogens is 234 g/mol. The van der Waals surface area contributed by atoms with Gasteiger partial charge in [-0.2, -0.15) is 0 Å². The average molecular weight is 261 g/mol. The van der Waals surface area contributed by atoms with Crippen molar-refractivity contribution in [3.05, 3.63) is 29.8 Å². The molecule has 106 valence electrons. The summed E-state index contributed by atoms with van der Waals surface area (Å²) in [5, 5.41) is 3.58. The molecule has 1 aromatic carbocycles. The van der Waals surface area contributed by atoms with Crippen molar-refractivity contribution in [1.29, 1.82) is 0 Å². The third-order valence-corrected chi connectivity index (χ3v) is 4.18. The summed E-state index contributed by atoms with van der Waals surface area (Å²) < 4.78 is 5.50. The van der Waals surface area contributed by atoms with Gasteiger partial charge < -0.3 is 10.1 Å². The maximum Gasteiger partial charge on any atom is 0.119 e. The van der Waals surface area contributed by atoms with E-state index in [-0.39, 0.29) is 0 Å². The summed E-state index contributed by atoms with van der Waals surface area (Å²) in [6.45, 7) is 11.9. The molecule has 0 amide bonds. The van der Waals surface area contributed by atoms with Crippen molar-refractivity contribution in [3.63, 3.8) is 0 Å². The van der Waals surface area contributed by atoms with Gasteiger partial charge in [0.25, 0.3) is 0 Å². The van der Waals surface area contributed by atoms with Gasteiger partial charge in [-0.3, -0.25) is 0 Å². The molecule has 1 aliphatic rings. The molecule has 0 bridgehead atoms. The topological polar surface area (TPSA) is 21.3 Å². The van der Waals surface area contributed by atoms with Crippen LogP contribution in [-0.2, 0) is 5.41 Å². The van der Waals surface area contributed by atoms with Gasteiger partial charge in [0.2, 0.25) is 0 Å². The quantitative estimate of drug-likeness (QED) is 0.809. The summed E-state index contributed by atoms with van der Waals surface area (Å²) in [5.41, 5.74) is 1.82. The molecule has 0 aliphatic heterocycles. The Morgan fingerprint density at radius 2 is 2.00 bits per heavy atom. The minimum absolute atomic E-state index is 0.370. The fourth-order valence-corrected chi connectivity index (χ4v) is 2.75. The molecule has 2 heteroatoms. The summed E-state index contributed by atoms with van der Waals surface area (Å²) in [5.74, 6) is 2.49. The van der Waals surface area contributed by atoms with Crippen molar-refractivity contribution in [2.45, 2.75) is 39.5 Å². The van der Waals surface area contributed by atoms with Crippen molar-refractivity contribution in [2.75, 3.05) is 19.7 Å². The number of rotatable bonds is 7. The van der Waals surface area contributed by atoms with Crippen molar-refractivity contribution in [2.24, 2.45) is 11.8 Å². The lowest BCUT2D eigenvalue weighted by Gasteiger charge is -2.14. The lowest BCUT2D eigenvalue weighted by molar-refractivity contribution is 0.340. The second-order valence-electron chi connectivity index (χ2n) is 6.33. The van der Waals surface area contributed by atoms with Crippen molar-refractivity contribution < 1.29 is 4.74 Å². The largest absolute Gasteiger partial charge is 0.494 e. The third kappa shape index (κ3) is 3.50. The first-order valence-electron chi connectivity index (χ1n) is 7.50. The summed E-state index contributed by atoms with van der Waals surface area (Å²) in [4.78, 5) is 0. The molecule has 0 saturated heterocycles. The van der Waals surface area contributed by atoms with Crippen LogP contribution in [0.5, 0.6) is 5.75 Å². The Morgan fingerprint density at radius 3 is 2.58 bits per heavy atom. The van der Waals surface area contributed by atoms with Crippen LogP contribution in [0.1, 0.15) is 39.7 Å². The Kier molecular flexibility index (Phi) is 4.51. The Labute approximate surface area is 117 Å². The second kappa shape index (κ2) is 5.96. The highest BCUT2D eigenvalue weighted by atomic mass is 16.5. The molecule has 2 rings (SSSR count). The van der Waals surface area contributed by atoms with E-state index in [1.807, 2.05) is 6.92 Å². The van der Waals surface area contributed by atoms with E-state index >= 15 is 0 Å². The van der Waals surface area contributed by atoms with E-state index in [2.05, 4.69) is 50.4 Å². The molecule has 2 unspecified atom stereocenters. The van der Waals surface area contributed by atoms with Crippen LogP contribution in [0.3, 0.4) is 0 Å². The van der Waals surface area contributed by atoms with Gasteiger partial charge in [0.05, 0.1) is 6.61 Å². The Balaban J connectivity index is 1.88. The van der Waals surface area contributed by atoms with Crippen LogP contribution in [0.25, 0.3) is 0 Å². The summed E-state index contributed by atoms with van der Waals surface area (Å²) in [6.07, 6.45) is 1.30. The van der Waals surface area contributed by atoms with Crippen molar-refractivity contribution in [1.82, 2.24) is 5.32 Å². The van der Waals surface area contributed by atoms with Crippen LogP contribution in [0.4, 0.5) is 0 Å². The van der Waals surface area contributed by atoms with Crippen LogP contribution in [-0.4, -0.2) is 19.7 Å². The molecule has 0 aromatic heterocycles. The molecule has 19 heavy (non-hydrogen) atoms. The van der Waals surface area contributed by atoms with Crippen LogP contribution in [0, 0.1) is 11.8 Å². The zero-order valence-corrected chi connectivity index (χ0v) is 12.7. The molecule has 2 nitrogen and oxygen atoms in total. The Bertz CT molecular complexity index is 398. The number of ether oxygens (including phenoxy) is 1. The fourth-order valence-electron chi connectivity index (χ4n) is 2.75. The molecule has 1 saturated carbocycles. The van der Waals surface area contributed by atoms with Gasteiger partial charge in [0.15, 0.2) is 0 Å². The number of nitrogens with one attached hydrogen (secondary N) is 1. The highest BCUT2D eigenvalue weighted by molar-refractivity contribution is 5.37. The van der Waals surface area contributed by atoms with E-state index in [0.717, 1.165) is 37.3 Å². The molecule has 1 aromatic rings.